The first-order valence-electron chi connectivity index (χ1n) is 5.29. The molecule has 0 aliphatic rings. The van der Waals surface area contributed by atoms with Gasteiger partial charge in [0.25, 0.3) is 0 Å². The van der Waals surface area contributed by atoms with E-state index in [4.69, 9.17) is 0 Å². The first-order valence-corrected chi connectivity index (χ1v) is 6.28. The van der Waals surface area contributed by atoms with E-state index < -0.39 is 0 Å². The molecule has 2 aromatic rings. The molecule has 0 spiro atoms. The van der Waals surface area contributed by atoms with E-state index in [9.17, 15) is 4.39 Å². The van der Waals surface area contributed by atoms with E-state index in [0.717, 1.165) is 11.4 Å². The third-order valence-corrected chi connectivity index (χ3v) is 3.40. The van der Waals surface area contributed by atoms with Crippen LogP contribution in [0.25, 0.3) is 0 Å². The van der Waals surface area contributed by atoms with Crippen LogP contribution in [0, 0.1) is 5.82 Å². The van der Waals surface area contributed by atoms with Crippen molar-refractivity contribution in [1.82, 2.24) is 4.98 Å². The minimum absolute atomic E-state index is 0.178. The average Bonchev–Trinajstić information content (AvgIpc) is 2.38. The van der Waals surface area contributed by atoms with Gasteiger partial charge < -0.3 is 5.32 Å². The summed E-state index contributed by atoms with van der Waals surface area (Å²) in [4.78, 5) is 4.91. The number of nitrogens with one attached hydrogen (secondary N) is 1. The number of nitrogens with zero attached hydrogens (tertiary/aromatic N) is 1. The van der Waals surface area contributed by atoms with Crippen LogP contribution in [0.3, 0.4) is 0 Å². The second-order valence-electron chi connectivity index (χ2n) is 3.50. The molecule has 17 heavy (non-hydrogen) atoms. The largest absolute Gasteiger partial charge is 0.388 e. The highest BCUT2D eigenvalue weighted by molar-refractivity contribution is 7.98. The summed E-state index contributed by atoms with van der Waals surface area (Å²) in [6, 6.07) is 10.6. The number of anilines is 1. The van der Waals surface area contributed by atoms with Crippen LogP contribution in [0.2, 0.25) is 0 Å². The quantitative estimate of drug-likeness (QED) is 0.837. The van der Waals surface area contributed by atoms with Crippen LogP contribution >= 0.6 is 11.8 Å². The van der Waals surface area contributed by atoms with Gasteiger partial charge in [-0.25, -0.2) is 4.39 Å². The summed E-state index contributed by atoms with van der Waals surface area (Å²) in [5, 5.41) is 3.05. The van der Waals surface area contributed by atoms with Crippen molar-refractivity contribution in [2.45, 2.75) is 10.6 Å². The Morgan fingerprint density at radius 2 is 2.12 bits per heavy atom. The molecule has 0 aliphatic carbocycles. The molecule has 0 amide bonds. The van der Waals surface area contributed by atoms with Crippen LogP contribution in [0.15, 0.2) is 47.5 Å². The van der Waals surface area contributed by atoms with Gasteiger partial charge in [0.05, 0.1) is 5.69 Å². The molecule has 1 aromatic carbocycles. The Morgan fingerprint density at radius 3 is 2.88 bits per heavy atom. The van der Waals surface area contributed by atoms with Gasteiger partial charge in [-0.3, -0.25) is 4.98 Å². The fourth-order valence-electron chi connectivity index (χ4n) is 1.43. The number of halogens is 1. The van der Waals surface area contributed by atoms with Crippen molar-refractivity contribution in [3.8, 4) is 0 Å². The van der Waals surface area contributed by atoms with Crippen LogP contribution < -0.4 is 5.32 Å². The van der Waals surface area contributed by atoms with Gasteiger partial charge in [-0.15, -0.1) is 11.8 Å². The Bertz CT molecular complexity index is 502. The second kappa shape index (κ2) is 5.68. The van der Waals surface area contributed by atoms with Crippen molar-refractivity contribution >= 4 is 17.4 Å². The third-order valence-electron chi connectivity index (χ3n) is 2.32. The first kappa shape index (κ1) is 11.9. The molecule has 0 fully saturated rings. The minimum Gasteiger partial charge on any atom is -0.388 e. The second-order valence-corrected chi connectivity index (χ2v) is 4.52. The summed E-state index contributed by atoms with van der Waals surface area (Å²) in [6.07, 6.45) is 1.75. The van der Waals surface area contributed by atoms with Gasteiger partial charge in [-0.1, -0.05) is 12.1 Å². The maximum absolute atomic E-state index is 13.4. The van der Waals surface area contributed by atoms with Crippen LogP contribution in [0.1, 0.15) is 5.69 Å². The molecule has 0 bridgehead atoms. The molecule has 0 radical (unpaired) electrons. The van der Waals surface area contributed by atoms with Crippen molar-refractivity contribution in [3.63, 3.8) is 0 Å². The van der Waals surface area contributed by atoms with Crippen LogP contribution in [-0.2, 0) is 5.75 Å². The smallest absolute Gasteiger partial charge is 0.136 e. The van der Waals surface area contributed by atoms with Crippen LogP contribution in [0.5, 0.6) is 0 Å². The summed E-state index contributed by atoms with van der Waals surface area (Å²) in [5.74, 6) is 0.485. The van der Waals surface area contributed by atoms with Gasteiger partial charge in [0.15, 0.2) is 0 Å². The van der Waals surface area contributed by atoms with E-state index in [1.54, 1.807) is 18.3 Å². The number of hydrogen-bond donors (Lipinski definition) is 1. The summed E-state index contributed by atoms with van der Waals surface area (Å²) in [7, 11) is 1.86. The summed E-state index contributed by atoms with van der Waals surface area (Å²) in [6.45, 7) is 0. The van der Waals surface area contributed by atoms with Crippen molar-refractivity contribution in [3.05, 3.63) is 54.1 Å². The van der Waals surface area contributed by atoms with E-state index in [-0.39, 0.29) is 5.82 Å². The molecule has 0 atom stereocenters. The molecule has 0 unspecified atom stereocenters. The number of thioether (sulfide) groups is 1. The monoisotopic (exact) mass is 248 g/mol. The van der Waals surface area contributed by atoms with Crippen molar-refractivity contribution in [2.75, 3.05) is 12.4 Å². The fraction of sp³-hybridized carbons (Fsp3) is 0.154. The molecule has 4 heteroatoms. The maximum atomic E-state index is 13.4. The molecular weight excluding hydrogens is 235 g/mol. The number of rotatable bonds is 4. The summed E-state index contributed by atoms with van der Waals surface area (Å²) < 4.78 is 13.4. The average molecular weight is 248 g/mol. The number of pyridine rings is 1. The summed E-state index contributed by atoms with van der Waals surface area (Å²) in [5.41, 5.74) is 1.95. The van der Waals surface area contributed by atoms with Gasteiger partial charge >= 0.3 is 0 Å². The fourth-order valence-corrected chi connectivity index (χ4v) is 2.27. The standard InChI is InChI=1S/C13H13FN2S/c1-15-10-6-7-16-11(8-10)9-17-13-5-3-2-4-12(13)14/h2-8H,9H2,1H3,(H,15,16). The predicted octanol–water partition coefficient (Wildman–Crippen LogP) is 3.55. The van der Waals surface area contributed by atoms with E-state index in [2.05, 4.69) is 10.3 Å². The molecule has 0 saturated carbocycles. The van der Waals surface area contributed by atoms with E-state index in [0.29, 0.717) is 10.6 Å². The molecule has 2 rings (SSSR count). The highest BCUT2D eigenvalue weighted by atomic mass is 32.2. The Balaban J connectivity index is 2.05. The normalized spacial score (nSPS) is 10.2. The zero-order chi connectivity index (χ0) is 12.1. The lowest BCUT2D eigenvalue weighted by atomic mass is 10.3. The predicted molar refractivity (Wildman–Crippen MR) is 69.7 cm³/mol. The molecule has 88 valence electrons. The lowest BCUT2D eigenvalue weighted by Crippen LogP contribution is -1.92. The Hall–Kier alpha value is -1.55. The zero-order valence-electron chi connectivity index (χ0n) is 9.48. The first-order chi connectivity index (χ1) is 8.29. The molecular formula is C13H13FN2S. The lowest BCUT2D eigenvalue weighted by Gasteiger charge is -2.04. The van der Waals surface area contributed by atoms with Crippen molar-refractivity contribution in [1.29, 1.82) is 0 Å². The number of benzene rings is 1. The van der Waals surface area contributed by atoms with Crippen molar-refractivity contribution < 1.29 is 4.39 Å². The number of hydrogen-bond acceptors (Lipinski definition) is 3. The Kier molecular flexibility index (Phi) is 3.98. The topological polar surface area (TPSA) is 24.9 Å². The highest BCUT2D eigenvalue weighted by Crippen LogP contribution is 2.25. The van der Waals surface area contributed by atoms with Gasteiger partial charge in [0.2, 0.25) is 0 Å². The minimum atomic E-state index is -0.178. The molecule has 1 aromatic heterocycles. The van der Waals surface area contributed by atoms with Crippen molar-refractivity contribution in [2.24, 2.45) is 0 Å². The zero-order valence-corrected chi connectivity index (χ0v) is 10.3. The molecule has 0 aliphatic heterocycles. The van der Waals surface area contributed by atoms with Gasteiger partial charge in [-0.2, -0.15) is 0 Å². The lowest BCUT2D eigenvalue weighted by molar-refractivity contribution is 0.602. The van der Waals surface area contributed by atoms with E-state index >= 15 is 0 Å². The molecule has 0 saturated heterocycles. The highest BCUT2D eigenvalue weighted by Gasteiger charge is 2.03. The van der Waals surface area contributed by atoms with E-state index in [1.165, 1.54) is 17.8 Å². The van der Waals surface area contributed by atoms with Crippen LogP contribution in [0.4, 0.5) is 10.1 Å². The molecule has 1 heterocycles. The van der Waals surface area contributed by atoms with Gasteiger partial charge in [-0.05, 0) is 24.3 Å². The third kappa shape index (κ3) is 3.20. The van der Waals surface area contributed by atoms with Gasteiger partial charge in [0, 0.05) is 29.6 Å². The Labute approximate surface area is 104 Å². The summed E-state index contributed by atoms with van der Waals surface area (Å²) >= 11 is 1.45. The Morgan fingerprint density at radius 1 is 1.29 bits per heavy atom. The maximum Gasteiger partial charge on any atom is 0.136 e. The SMILES string of the molecule is CNc1ccnc(CSc2ccccc2F)c1. The molecule has 1 N–H and O–H groups in total. The van der Waals surface area contributed by atoms with Crippen LogP contribution in [-0.4, -0.2) is 12.0 Å². The van der Waals surface area contributed by atoms with Gasteiger partial charge in [0.1, 0.15) is 5.82 Å². The molecule has 2 nitrogen and oxygen atoms in total. The number of aromatic nitrogens is 1. The van der Waals surface area contributed by atoms with E-state index in [1.807, 2.05) is 25.2 Å².